The minimum Gasteiger partial charge on any atom is -0.497 e. The highest BCUT2D eigenvalue weighted by Gasteiger charge is 2.22. The first-order valence-electron chi connectivity index (χ1n) is 12.8. The van der Waals surface area contributed by atoms with Gasteiger partial charge in [-0.3, -0.25) is 9.59 Å². The number of pyridine rings is 1. The average Bonchev–Trinajstić information content (AvgIpc) is 2.95. The second-order valence-electron chi connectivity index (χ2n) is 9.50. The molecule has 0 radical (unpaired) electrons. The van der Waals surface area contributed by atoms with Crippen LogP contribution in [0.5, 0.6) is 17.2 Å². The molecule has 208 valence electrons. The molecule has 0 spiro atoms. The number of nitrogens with zero attached hydrogens (tertiary/aromatic N) is 3. The number of carbonyl (C=O) groups is 2. The Labute approximate surface area is 234 Å². The molecule has 9 heteroatoms. The molecule has 0 bridgehead atoms. The number of anilines is 2. The fourth-order valence-corrected chi connectivity index (χ4v) is 4.53. The van der Waals surface area contributed by atoms with Crippen LogP contribution in [0.1, 0.15) is 28.4 Å². The van der Waals surface area contributed by atoms with Crippen molar-refractivity contribution in [2.24, 2.45) is 0 Å². The summed E-state index contributed by atoms with van der Waals surface area (Å²) in [6, 6.07) is 20.2. The third kappa shape index (κ3) is 6.26. The van der Waals surface area contributed by atoms with Crippen LogP contribution in [0.25, 0.3) is 10.9 Å². The quantitative estimate of drug-likeness (QED) is 0.297. The van der Waals surface area contributed by atoms with Crippen molar-refractivity contribution >= 4 is 34.2 Å². The number of ether oxygens (including phenoxy) is 3. The number of benzene rings is 3. The standard InChI is InChI=1S/C31H34N4O5/c1-20(36)32-24-11-9-22(10-12-24)31(37)35(18-21-7-13-25(38-4)14-8-21)19-23-17-26-27(39-5)15-16-28(40-6)29(26)33-30(23)34(2)3/h7-17H,18-19H2,1-6H3,(H,32,36). The molecule has 4 aromatic rings. The van der Waals surface area contributed by atoms with E-state index in [0.29, 0.717) is 40.6 Å². The van der Waals surface area contributed by atoms with E-state index in [1.165, 1.54) is 6.92 Å². The molecule has 0 aliphatic heterocycles. The van der Waals surface area contributed by atoms with Crippen molar-refractivity contribution in [2.75, 3.05) is 45.6 Å². The highest BCUT2D eigenvalue weighted by atomic mass is 16.5. The molecule has 9 nitrogen and oxygen atoms in total. The van der Waals surface area contributed by atoms with Crippen molar-refractivity contribution in [1.82, 2.24) is 9.88 Å². The van der Waals surface area contributed by atoms with Gasteiger partial charge in [0.25, 0.3) is 5.91 Å². The maximum Gasteiger partial charge on any atom is 0.254 e. The molecule has 2 amide bonds. The van der Waals surface area contributed by atoms with E-state index >= 15 is 0 Å². The van der Waals surface area contributed by atoms with Gasteiger partial charge in [0, 0.05) is 56.3 Å². The van der Waals surface area contributed by atoms with Gasteiger partial charge in [-0.1, -0.05) is 12.1 Å². The van der Waals surface area contributed by atoms with Crippen LogP contribution in [0.4, 0.5) is 11.5 Å². The van der Waals surface area contributed by atoms with E-state index in [4.69, 9.17) is 19.2 Å². The van der Waals surface area contributed by atoms with Crippen molar-refractivity contribution in [2.45, 2.75) is 20.0 Å². The summed E-state index contributed by atoms with van der Waals surface area (Å²) in [6.07, 6.45) is 0. The fourth-order valence-electron chi connectivity index (χ4n) is 4.53. The monoisotopic (exact) mass is 542 g/mol. The first-order chi connectivity index (χ1) is 19.2. The molecule has 0 saturated carbocycles. The number of methoxy groups -OCH3 is 3. The van der Waals surface area contributed by atoms with E-state index in [2.05, 4.69) is 5.32 Å². The maximum atomic E-state index is 13.9. The third-order valence-corrected chi connectivity index (χ3v) is 6.46. The molecule has 0 unspecified atom stereocenters. The maximum absolute atomic E-state index is 13.9. The Morgan fingerprint density at radius 2 is 1.48 bits per heavy atom. The van der Waals surface area contributed by atoms with Gasteiger partial charge < -0.3 is 29.3 Å². The Kier molecular flexibility index (Phi) is 8.73. The topological polar surface area (TPSA) is 93.2 Å². The van der Waals surface area contributed by atoms with E-state index in [-0.39, 0.29) is 18.4 Å². The van der Waals surface area contributed by atoms with Crippen LogP contribution < -0.4 is 24.4 Å². The van der Waals surface area contributed by atoms with Gasteiger partial charge in [-0.2, -0.15) is 0 Å². The molecule has 1 N–H and O–H groups in total. The summed E-state index contributed by atoms with van der Waals surface area (Å²) in [5.74, 6) is 2.42. The molecule has 4 rings (SSSR count). The molecule has 40 heavy (non-hydrogen) atoms. The normalized spacial score (nSPS) is 10.7. The van der Waals surface area contributed by atoms with Gasteiger partial charge in [-0.15, -0.1) is 0 Å². The predicted octanol–water partition coefficient (Wildman–Crippen LogP) is 5.13. The number of hydrogen-bond acceptors (Lipinski definition) is 7. The smallest absolute Gasteiger partial charge is 0.254 e. The first kappa shape index (κ1) is 28.2. The Hall–Kier alpha value is -4.79. The summed E-state index contributed by atoms with van der Waals surface area (Å²) >= 11 is 0. The summed E-state index contributed by atoms with van der Waals surface area (Å²) in [4.78, 5) is 34.0. The minimum absolute atomic E-state index is 0.160. The van der Waals surface area contributed by atoms with Crippen LogP contribution >= 0.6 is 0 Å². The number of amides is 2. The second kappa shape index (κ2) is 12.4. The van der Waals surface area contributed by atoms with Crippen LogP contribution in [0.15, 0.2) is 66.7 Å². The number of nitrogens with one attached hydrogen (secondary N) is 1. The predicted molar refractivity (Wildman–Crippen MR) is 156 cm³/mol. The number of rotatable bonds is 10. The lowest BCUT2D eigenvalue weighted by atomic mass is 10.1. The zero-order chi connectivity index (χ0) is 28.8. The molecule has 1 heterocycles. The van der Waals surface area contributed by atoms with Gasteiger partial charge in [0.1, 0.15) is 28.6 Å². The lowest BCUT2D eigenvalue weighted by molar-refractivity contribution is -0.114. The molecule has 0 fully saturated rings. The molecule has 0 aliphatic rings. The lowest BCUT2D eigenvalue weighted by Crippen LogP contribution is -2.31. The zero-order valence-electron chi connectivity index (χ0n) is 23.6. The van der Waals surface area contributed by atoms with E-state index in [9.17, 15) is 9.59 Å². The highest BCUT2D eigenvalue weighted by Crippen LogP contribution is 2.35. The van der Waals surface area contributed by atoms with Gasteiger partial charge >= 0.3 is 0 Å². The van der Waals surface area contributed by atoms with E-state index in [1.54, 1.807) is 50.5 Å². The number of hydrogen-bond donors (Lipinski definition) is 1. The summed E-state index contributed by atoms with van der Waals surface area (Å²) < 4.78 is 16.5. The second-order valence-corrected chi connectivity index (χ2v) is 9.50. The average molecular weight is 543 g/mol. The fraction of sp³-hybridized carbons (Fsp3) is 0.258. The number of carbonyl (C=O) groups excluding carboxylic acids is 2. The molecule has 0 aliphatic carbocycles. The van der Waals surface area contributed by atoms with Crippen LogP contribution in [-0.2, 0) is 17.9 Å². The van der Waals surface area contributed by atoms with E-state index in [0.717, 1.165) is 22.3 Å². The van der Waals surface area contributed by atoms with Gasteiger partial charge in [0.15, 0.2) is 0 Å². The molecular formula is C31H34N4O5. The largest absolute Gasteiger partial charge is 0.497 e. The summed E-state index contributed by atoms with van der Waals surface area (Å²) in [6.45, 7) is 2.09. The molecule has 3 aromatic carbocycles. The molecule has 0 saturated heterocycles. The van der Waals surface area contributed by atoms with Gasteiger partial charge in [-0.25, -0.2) is 4.98 Å². The van der Waals surface area contributed by atoms with Crippen molar-refractivity contribution in [3.05, 3.63) is 83.4 Å². The van der Waals surface area contributed by atoms with Gasteiger partial charge in [0.05, 0.1) is 21.3 Å². The molecular weight excluding hydrogens is 508 g/mol. The first-order valence-corrected chi connectivity index (χ1v) is 12.8. The van der Waals surface area contributed by atoms with E-state index < -0.39 is 0 Å². The van der Waals surface area contributed by atoms with Crippen LogP contribution in [0, 0.1) is 0 Å². The Morgan fingerprint density at radius 1 is 0.825 bits per heavy atom. The van der Waals surface area contributed by atoms with Crippen molar-refractivity contribution in [3.8, 4) is 17.2 Å². The Balaban J connectivity index is 1.78. The van der Waals surface area contributed by atoms with Gasteiger partial charge in [-0.05, 0) is 60.2 Å². The minimum atomic E-state index is -0.174. The van der Waals surface area contributed by atoms with Gasteiger partial charge in [0.2, 0.25) is 5.91 Å². The van der Waals surface area contributed by atoms with Crippen molar-refractivity contribution < 1.29 is 23.8 Å². The van der Waals surface area contributed by atoms with Crippen molar-refractivity contribution in [1.29, 1.82) is 0 Å². The SMILES string of the molecule is COc1ccc(CN(Cc2cc3c(OC)ccc(OC)c3nc2N(C)C)C(=O)c2ccc(NC(C)=O)cc2)cc1. The Bertz CT molecular complexity index is 1500. The molecule has 1 aromatic heterocycles. The van der Waals surface area contributed by atoms with Crippen molar-refractivity contribution in [3.63, 3.8) is 0 Å². The summed E-state index contributed by atoms with van der Waals surface area (Å²) in [5, 5.41) is 3.53. The lowest BCUT2D eigenvalue weighted by Gasteiger charge is -2.26. The van der Waals surface area contributed by atoms with Crippen LogP contribution in [-0.4, -0.2) is 57.1 Å². The summed E-state index contributed by atoms with van der Waals surface area (Å²) in [5.41, 5.74) is 3.60. The Morgan fingerprint density at radius 3 is 2.05 bits per heavy atom. The van der Waals surface area contributed by atoms with Crippen LogP contribution in [0.3, 0.4) is 0 Å². The van der Waals surface area contributed by atoms with E-state index in [1.807, 2.05) is 61.5 Å². The zero-order valence-corrected chi connectivity index (χ0v) is 23.6. The highest BCUT2D eigenvalue weighted by molar-refractivity contribution is 5.96. The number of fused-ring (bicyclic) bond motifs is 1. The third-order valence-electron chi connectivity index (χ3n) is 6.46. The molecule has 0 atom stereocenters. The van der Waals surface area contributed by atoms with Crippen LogP contribution in [0.2, 0.25) is 0 Å². The number of aromatic nitrogens is 1. The summed E-state index contributed by atoms with van der Waals surface area (Å²) in [7, 11) is 8.68.